The van der Waals surface area contributed by atoms with Crippen molar-refractivity contribution in [1.29, 1.82) is 0 Å². The average Bonchev–Trinajstić information content (AvgIpc) is 2.17. The Labute approximate surface area is 86.1 Å². The molecular weight excluding hydrogens is 205 g/mol. The summed E-state index contributed by atoms with van der Waals surface area (Å²) in [6.45, 7) is 0. The zero-order valence-electron chi connectivity index (χ0n) is 8.04. The molecule has 84 valence electrons. The second-order valence-corrected chi connectivity index (χ2v) is 3.40. The van der Waals surface area contributed by atoms with E-state index in [1.54, 1.807) is 30.3 Å². The average molecular weight is 218 g/mol. The lowest BCUT2D eigenvalue weighted by atomic mass is 10.0. The fourth-order valence-electron chi connectivity index (χ4n) is 1.24. The molecule has 4 N–H and O–H groups in total. The Balaban J connectivity index is 2.61. The van der Waals surface area contributed by atoms with Gasteiger partial charge in [0.15, 0.2) is 0 Å². The summed E-state index contributed by atoms with van der Waals surface area (Å²) < 4.78 is 36.4. The van der Waals surface area contributed by atoms with Crippen molar-refractivity contribution in [3.63, 3.8) is 0 Å². The number of benzene rings is 1. The maximum absolute atomic E-state index is 12.1. The van der Waals surface area contributed by atoms with Gasteiger partial charge in [-0.15, -0.1) is 0 Å². The first-order valence-electron chi connectivity index (χ1n) is 4.54. The molecule has 1 aromatic rings. The van der Waals surface area contributed by atoms with E-state index in [0.29, 0.717) is 5.56 Å². The molecule has 0 amide bonds. The van der Waals surface area contributed by atoms with E-state index in [1.165, 1.54) is 0 Å². The van der Waals surface area contributed by atoms with Crippen molar-refractivity contribution in [1.82, 2.24) is 0 Å². The van der Waals surface area contributed by atoms with E-state index in [9.17, 15) is 13.2 Å². The standard InChI is InChI=1S/C10H13F3N2/c11-10(12,13)9(15)6-8(14)7-4-2-1-3-5-7/h1-5,8-9H,6,14-15H2. The zero-order valence-corrected chi connectivity index (χ0v) is 8.04. The first-order chi connectivity index (χ1) is 6.91. The quantitative estimate of drug-likeness (QED) is 0.814. The summed E-state index contributed by atoms with van der Waals surface area (Å²) in [7, 11) is 0. The molecule has 1 aromatic carbocycles. The molecular formula is C10H13F3N2. The van der Waals surface area contributed by atoms with Gasteiger partial charge in [0.25, 0.3) is 0 Å². The van der Waals surface area contributed by atoms with E-state index < -0.39 is 18.3 Å². The Hall–Kier alpha value is -1.07. The minimum Gasteiger partial charge on any atom is -0.324 e. The number of hydrogen-bond donors (Lipinski definition) is 2. The van der Waals surface area contributed by atoms with Crippen molar-refractivity contribution in [2.24, 2.45) is 11.5 Å². The van der Waals surface area contributed by atoms with Gasteiger partial charge in [-0.1, -0.05) is 30.3 Å². The van der Waals surface area contributed by atoms with Crippen LogP contribution in [0.15, 0.2) is 30.3 Å². The molecule has 15 heavy (non-hydrogen) atoms. The first kappa shape index (κ1) is 12.0. The molecule has 0 bridgehead atoms. The zero-order chi connectivity index (χ0) is 11.5. The van der Waals surface area contributed by atoms with Gasteiger partial charge in [0.1, 0.15) is 6.04 Å². The lowest BCUT2D eigenvalue weighted by Crippen LogP contribution is -2.39. The maximum atomic E-state index is 12.1. The van der Waals surface area contributed by atoms with Crippen LogP contribution >= 0.6 is 0 Å². The summed E-state index contributed by atoms with van der Waals surface area (Å²) in [6, 6.07) is 6.07. The summed E-state index contributed by atoms with van der Waals surface area (Å²) in [5.41, 5.74) is 11.3. The monoisotopic (exact) mass is 218 g/mol. The Kier molecular flexibility index (Phi) is 3.71. The molecule has 1 rings (SSSR count). The Bertz CT molecular complexity index is 297. The number of rotatable bonds is 3. The molecule has 0 aliphatic heterocycles. The lowest BCUT2D eigenvalue weighted by Gasteiger charge is -2.19. The predicted octanol–water partition coefficient (Wildman–Crippen LogP) is 1.97. The van der Waals surface area contributed by atoms with Crippen LogP contribution in [0.1, 0.15) is 18.0 Å². The molecule has 0 spiro atoms. The van der Waals surface area contributed by atoms with Crippen molar-refractivity contribution in [2.75, 3.05) is 0 Å². The fraction of sp³-hybridized carbons (Fsp3) is 0.400. The third-order valence-corrected chi connectivity index (χ3v) is 2.16. The number of hydrogen-bond acceptors (Lipinski definition) is 2. The summed E-state index contributed by atoms with van der Waals surface area (Å²) in [6.07, 6.45) is -4.68. The summed E-state index contributed by atoms with van der Waals surface area (Å²) in [5, 5.41) is 0. The highest BCUT2D eigenvalue weighted by Crippen LogP contribution is 2.25. The molecule has 0 radical (unpaired) electrons. The van der Waals surface area contributed by atoms with E-state index in [1.807, 2.05) is 0 Å². The molecule has 2 nitrogen and oxygen atoms in total. The summed E-state index contributed by atoms with van der Waals surface area (Å²) in [4.78, 5) is 0. The van der Waals surface area contributed by atoms with Crippen molar-refractivity contribution in [2.45, 2.75) is 24.7 Å². The van der Waals surface area contributed by atoms with E-state index in [0.717, 1.165) is 0 Å². The molecule has 5 heteroatoms. The largest absolute Gasteiger partial charge is 0.403 e. The second-order valence-electron chi connectivity index (χ2n) is 3.40. The van der Waals surface area contributed by atoms with Crippen LogP contribution in [0.4, 0.5) is 13.2 Å². The van der Waals surface area contributed by atoms with Crippen LogP contribution in [0.25, 0.3) is 0 Å². The highest BCUT2D eigenvalue weighted by molar-refractivity contribution is 5.18. The molecule has 0 fully saturated rings. The minimum atomic E-state index is -4.38. The molecule has 2 unspecified atom stereocenters. The minimum absolute atomic E-state index is 0.298. The van der Waals surface area contributed by atoms with E-state index in [2.05, 4.69) is 0 Å². The van der Waals surface area contributed by atoms with Crippen LogP contribution < -0.4 is 11.5 Å². The maximum Gasteiger partial charge on any atom is 0.403 e. The molecule has 0 saturated carbocycles. The van der Waals surface area contributed by atoms with E-state index >= 15 is 0 Å². The van der Waals surface area contributed by atoms with Crippen LogP contribution in [0.5, 0.6) is 0 Å². The van der Waals surface area contributed by atoms with Gasteiger partial charge in [-0.2, -0.15) is 13.2 Å². The van der Waals surface area contributed by atoms with Crippen LogP contribution in [0.3, 0.4) is 0 Å². The highest BCUT2D eigenvalue weighted by Gasteiger charge is 2.37. The van der Waals surface area contributed by atoms with E-state index in [4.69, 9.17) is 11.5 Å². The van der Waals surface area contributed by atoms with Gasteiger partial charge in [0.2, 0.25) is 0 Å². The normalized spacial score (nSPS) is 16.1. The third kappa shape index (κ3) is 3.53. The topological polar surface area (TPSA) is 52.0 Å². The van der Waals surface area contributed by atoms with Gasteiger partial charge in [-0.05, 0) is 12.0 Å². The van der Waals surface area contributed by atoms with Gasteiger partial charge in [0.05, 0.1) is 0 Å². The number of nitrogens with two attached hydrogens (primary N) is 2. The number of alkyl halides is 3. The fourth-order valence-corrected chi connectivity index (χ4v) is 1.24. The van der Waals surface area contributed by atoms with Crippen molar-refractivity contribution >= 4 is 0 Å². The van der Waals surface area contributed by atoms with Gasteiger partial charge >= 0.3 is 6.18 Å². The lowest BCUT2D eigenvalue weighted by molar-refractivity contribution is -0.149. The van der Waals surface area contributed by atoms with Crippen LogP contribution in [-0.4, -0.2) is 12.2 Å². The molecule has 0 aliphatic rings. The Morgan fingerprint density at radius 2 is 1.60 bits per heavy atom. The first-order valence-corrected chi connectivity index (χ1v) is 4.54. The molecule has 0 aromatic heterocycles. The smallest absolute Gasteiger partial charge is 0.324 e. The van der Waals surface area contributed by atoms with Crippen LogP contribution in [0.2, 0.25) is 0 Å². The van der Waals surface area contributed by atoms with Crippen molar-refractivity contribution in [3.8, 4) is 0 Å². The highest BCUT2D eigenvalue weighted by atomic mass is 19.4. The summed E-state index contributed by atoms with van der Waals surface area (Å²) >= 11 is 0. The molecule has 0 aliphatic carbocycles. The third-order valence-electron chi connectivity index (χ3n) is 2.16. The predicted molar refractivity (Wildman–Crippen MR) is 52.0 cm³/mol. The Morgan fingerprint density at radius 3 is 2.07 bits per heavy atom. The van der Waals surface area contributed by atoms with Gasteiger partial charge < -0.3 is 11.5 Å². The van der Waals surface area contributed by atoms with Crippen molar-refractivity contribution in [3.05, 3.63) is 35.9 Å². The SMILES string of the molecule is NC(CC(N)C(F)(F)F)c1ccccc1. The molecule has 0 saturated heterocycles. The van der Waals surface area contributed by atoms with Gasteiger partial charge in [0, 0.05) is 6.04 Å². The van der Waals surface area contributed by atoms with Crippen LogP contribution in [-0.2, 0) is 0 Å². The summed E-state index contributed by atoms with van der Waals surface area (Å²) in [5.74, 6) is 0. The van der Waals surface area contributed by atoms with E-state index in [-0.39, 0.29) is 6.42 Å². The molecule has 2 atom stereocenters. The number of halogens is 3. The second kappa shape index (κ2) is 4.63. The van der Waals surface area contributed by atoms with Gasteiger partial charge in [-0.25, -0.2) is 0 Å². The Morgan fingerprint density at radius 1 is 1.07 bits per heavy atom. The van der Waals surface area contributed by atoms with Crippen molar-refractivity contribution < 1.29 is 13.2 Å². The molecule has 0 heterocycles. The van der Waals surface area contributed by atoms with Gasteiger partial charge in [-0.3, -0.25) is 0 Å². The van der Waals surface area contributed by atoms with Crippen LogP contribution in [0, 0.1) is 0 Å².